The summed E-state index contributed by atoms with van der Waals surface area (Å²) in [5, 5.41) is 11.3. The molecule has 0 aliphatic heterocycles. The number of nitrogens with one attached hydrogen (secondary N) is 1. The molecule has 0 saturated carbocycles. The van der Waals surface area contributed by atoms with Gasteiger partial charge in [0.1, 0.15) is 5.75 Å². The van der Waals surface area contributed by atoms with Gasteiger partial charge in [-0.3, -0.25) is 4.79 Å². The molecule has 1 aromatic rings. The molecule has 102 valence electrons. The van der Waals surface area contributed by atoms with Gasteiger partial charge in [-0.05, 0) is 24.6 Å². The van der Waals surface area contributed by atoms with Gasteiger partial charge in [-0.25, -0.2) is 0 Å². The number of carbonyl (C=O) groups excluding carboxylic acids is 1. The van der Waals surface area contributed by atoms with Crippen LogP contribution in [-0.2, 0) is 16.0 Å². The largest absolute Gasteiger partial charge is 0.481 e. The zero-order valence-electron chi connectivity index (χ0n) is 11.2. The molecule has 0 radical (unpaired) electrons. The summed E-state index contributed by atoms with van der Waals surface area (Å²) in [4.78, 5) is 11.7. The summed E-state index contributed by atoms with van der Waals surface area (Å²) in [5.41, 5.74) is 0.923. The predicted molar refractivity (Wildman–Crippen MR) is 70.7 cm³/mol. The van der Waals surface area contributed by atoms with Gasteiger partial charge in [-0.1, -0.05) is 12.1 Å². The fourth-order valence-electron chi connectivity index (χ4n) is 1.45. The van der Waals surface area contributed by atoms with E-state index in [2.05, 4.69) is 11.4 Å². The van der Waals surface area contributed by atoms with Gasteiger partial charge in [0.05, 0.1) is 19.1 Å². The third kappa shape index (κ3) is 5.40. The number of nitriles is 1. The first-order valence-corrected chi connectivity index (χ1v) is 6.06. The number of rotatable bonds is 7. The number of ether oxygens (including phenoxy) is 2. The molecule has 1 rings (SSSR count). The number of methoxy groups -OCH3 is 1. The third-order valence-corrected chi connectivity index (χ3v) is 2.49. The average molecular weight is 262 g/mol. The second-order valence-electron chi connectivity index (χ2n) is 4.02. The van der Waals surface area contributed by atoms with Crippen molar-refractivity contribution >= 4 is 5.91 Å². The van der Waals surface area contributed by atoms with Crippen molar-refractivity contribution in [1.29, 1.82) is 5.26 Å². The molecule has 1 unspecified atom stereocenters. The van der Waals surface area contributed by atoms with Crippen LogP contribution in [0.15, 0.2) is 24.3 Å². The van der Waals surface area contributed by atoms with E-state index < -0.39 is 6.10 Å². The number of benzene rings is 1. The molecule has 0 fully saturated rings. The summed E-state index contributed by atoms with van der Waals surface area (Å²) in [6, 6.07) is 9.21. The Morgan fingerprint density at radius 3 is 2.68 bits per heavy atom. The molecule has 0 aliphatic rings. The van der Waals surface area contributed by atoms with Crippen molar-refractivity contribution in [2.75, 3.05) is 20.3 Å². The van der Waals surface area contributed by atoms with Crippen LogP contribution in [0, 0.1) is 11.3 Å². The number of amides is 1. The SMILES string of the molecule is COCCNC(=O)C(C)Oc1ccc(CC#N)cc1. The Bertz CT molecular complexity index is 437. The van der Waals surface area contributed by atoms with Crippen molar-refractivity contribution in [3.8, 4) is 11.8 Å². The molecule has 5 heteroatoms. The number of hydrogen-bond acceptors (Lipinski definition) is 4. The van der Waals surface area contributed by atoms with Gasteiger partial charge in [-0.15, -0.1) is 0 Å². The van der Waals surface area contributed by atoms with Gasteiger partial charge < -0.3 is 14.8 Å². The van der Waals surface area contributed by atoms with Gasteiger partial charge in [0.25, 0.3) is 5.91 Å². The Hall–Kier alpha value is -2.06. The smallest absolute Gasteiger partial charge is 0.260 e. The summed E-state index contributed by atoms with van der Waals surface area (Å²) in [7, 11) is 1.58. The van der Waals surface area contributed by atoms with E-state index in [1.165, 1.54) is 0 Å². The van der Waals surface area contributed by atoms with Crippen molar-refractivity contribution in [1.82, 2.24) is 5.32 Å². The lowest BCUT2D eigenvalue weighted by Gasteiger charge is -2.14. The van der Waals surface area contributed by atoms with E-state index in [0.29, 0.717) is 25.3 Å². The highest BCUT2D eigenvalue weighted by atomic mass is 16.5. The number of nitrogens with zero attached hydrogens (tertiary/aromatic N) is 1. The molecular formula is C14H18N2O3. The van der Waals surface area contributed by atoms with Gasteiger partial charge in [-0.2, -0.15) is 5.26 Å². The fraction of sp³-hybridized carbons (Fsp3) is 0.429. The van der Waals surface area contributed by atoms with Crippen LogP contribution in [-0.4, -0.2) is 32.3 Å². The second kappa shape index (κ2) is 8.11. The molecule has 0 bridgehead atoms. The monoisotopic (exact) mass is 262 g/mol. The first kappa shape index (κ1) is 15.0. The lowest BCUT2D eigenvalue weighted by Crippen LogP contribution is -2.37. The maximum Gasteiger partial charge on any atom is 0.260 e. The quantitative estimate of drug-likeness (QED) is 0.751. The van der Waals surface area contributed by atoms with E-state index in [9.17, 15) is 4.79 Å². The van der Waals surface area contributed by atoms with Gasteiger partial charge in [0.2, 0.25) is 0 Å². The highest BCUT2D eigenvalue weighted by molar-refractivity contribution is 5.80. The van der Waals surface area contributed by atoms with Crippen molar-refractivity contribution in [2.45, 2.75) is 19.4 Å². The highest BCUT2D eigenvalue weighted by Crippen LogP contribution is 2.14. The molecule has 0 aliphatic carbocycles. The second-order valence-corrected chi connectivity index (χ2v) is 4.02. The van der Waals surface area contributed by atoms with Gasteiger partial charge in [0, 0.05) is 13.7 Å². The highest BCUT2D eigenvalue weighted by Gasteiger charge is 2.13. The van der Waals surface area contributed by atoms with Gasteiger partial charge >= 0.3 is 0 Å². The normalized spacial score (nSPS) is 11.4. The summed E-state index contributed by atoms with van der Waals surface area (Å²) < 4.78 is 10.3. The van der Waals surface area contributed by atoms with E-state index >= 15 is 0 Å². The Balaban J connectivity index is 2.45. The fourth-order valence-corrected chi connectivity index (χ4v) is 1.45. The third-order valence-electron chi connectivity index (χ3n) is 2.49. The molecule has 19 heavy (non-hydrogen) atoms. The summed E-state index contributed by atoms with van der Waals surface area (Å²) in [6.45, 7) is 2.62. The van der Waals surface area contributed by atoms with E-state index in [1.807, 2.05) is 12.1 Å². The van der Waals surface area contributed by atoms with Crippen LogP contribution in [0.25, 0.3) is 0 Å². The van der Waals surface area contributed by atoms with E-state index in [-0.39, 0.29) is 5.91 Å². The summed E-state index contributed by atoms with van der Waals surface area (Å²) >= 11 is 0. The van der Waals surface area contributed by atoms with Crippen LogP contribution >= 0.6 is 0 Å². The van der Waals surface area contributed by atoms with Gasteiger partial charge in [0.15, 0.2) is 6.10 Å². The van der Waals surface area contributed by atoms with Crippen molar-refractivity contribution in [3.63, 3.8) is 0 Å². The maximum absolute atomic E-state index is 11.7. The van der Waals surface area contributed by atoms with Crippen molar-refractivity contribution in [2.24, 2.45) is 0 Å². The minimum atomic E-state index is -0.571. The molecule has 1 amide bonds. The number of carbonyl (C=O) groups is 1. The van der Waals surface area contributed by atoms with Crippen molar-refractivity contribution < 1.29 is 14.3 Å². The van der Waals surface area contributed by atoms with E-state index in [4.69, 9.17) is 14.7 Å². The molecule has 0 heterocycles. The minimum Gasteiger partial charge on any atom is -0.481 e. The average Bonchev–Trinajstić information content (AvgIpc) is 2.41. The van der Waals surface area contributed by atoms with Crippen LogP contribution in [0.5, 0.6) is 5.75 Å². The molecule has 0 aromatic heterocycles. The zero-order valence-corrected chi connectivity index (χ0v) is 11.2. The molecule has 1 N–H and O–H groups in total. The van der Waals surface area contributed by atoms with E-state index in [1.54, 1.807) is 26.2 Å². The Morgan fingerprint density at radius 1 is 1.42 bits per heavy atom. The predicted octanol–water partition coefficient (Wildman–Crippen LogP) is 1.28. The molecular weight excluding hydrogens is 244 g/mol. The van der Waals surface area contributed by atoms with Crippen LogP contribution in [0.4, 0.5) is 0 Å². The number of hydrogen-bond donors (Lipinski definition) is 1. The summed E-state index contributed by atoms with van der Waals surface area (Å²) in [5.74, 6) is 0.425. The topological polar surface area (TPSA) is 71.3 Å². The minimum absolute atomic E-state index is 0.182. The molecule has 5 nitrogen and oxygen atoms in total. The Morgan fingerprint density at radius 2 is 2.11 bits per heavy atom. The summed E-state index contributed by atoms with van der Waals surface area (Å²) in [6.07, 6.45) is -0.202. The van der Waals surface area contributed by atoms with Crippen LogP contribution < -0.4 is 10.1 Å². The molecule has 1 aromatic carbocycles. The van der Waals surface area contributed by atoms with Crippen LogP contribution in [0.2, 0.25) is 0 Å². The van der Waals surface area contributed by atoms with Crippen molar-refractivity contribution in [3.05, 3.63) is 29.8 Å². The molecule has 0 spiro atoms. The Labute approximate surface area is 113 Å². The zero-order chi connectivity index (χ0) is 14.1. The lowest BCUT2D eigenvalue weighted by atomic mass is 10.2. The first-order chi connectivity index (χ1) is 9.17. The maximum atomic E-state index is 11.7. The van der Waals surface area contributed by atoms with Crippen LogP contribution in [0.1, 0.15) is 12.5 Å². The Kier molecular flexibility index (Phi) is 6.41. The first-order valence-electron chi connectivity index (χ1n) is 6.06. The van der Waals surface area contributed by atoms with E-state index in [0.717, 1.165) is 5.56 Å². The standard InChI is InChI=1S/C14H18N2O3/c1-11(14(17)16-9-10-18-2)19-13-5-3-12(4-6-13)7-8-15/h3-6,11H,7,9-10H2,1-2H3,(H,16,17). The molecule has 0 saturated heterocycles. The van der Waals surface area contributed by atoms with Crippen LogP contribution in [0.3, 0.4) is 0 Å². The lowest BCUT2D eigenvalue weighted by molar-refractivity contribution is -0.127. The molecule has 1 atom stereocenters.